The van der Waals surface area contributed by atoms with Crippen LogP contribution in [0.25, 0.3) is 0 Å². The summed E-state index contributed by atoms with van der Waals surface area (Å²) in [6.45, 7) is 5.21. The number of hydrogen-bond donors (Lipinski definition) is 3. The Morgan fingerprint density at radius 2 is 2.14 bits per heavy atom. The van der Waals surface area contributed by atoms with E-state index in [1.165, 1.54) is 19.1 Å². The molecule has 3 rings (SSSR count). The first-order valence-corrected chi connectivity index (χ1v) is 9.66. The second kappa shape index (κ2) is 10.2. The number of halogens is 2. The van der Waals surface area contributed by atoms with Crippen molar-refractivity contribution in [3.05, 3.63) is 35.8 Å². The third-order valence-corrected chi connectivity index (χ3v) is 4.72. The highest BCUT2D eigenvalue weighted by atomic mass is 35.5. The molecule has 0 spiro atoms. The van der Waals surface area contributed by atoms with Crippen LogP contribution in [0.3, 0.4) is 0 Å². The maximum Gasteiger partial charge on any atom is 0.229 e. The van der Waals surface area contributed by atoms with Crippen molar-refractivity contribution in [1.82, 2.24) is 15.3 Å². The van der Waals surface area contributed by atoms with Gasteiger partial charge in [0.05, 0.1) is 5.69 Å². The summed E-state index contributed by atoms with van der Waals surface area (Å²) >= 11 is 0. The minimum absolute atomic E-state index is 0. The van der Waals surface area contributed by atoms with E-state index in [9.17, 15) is 9.18 Å². The molecule has 1 fully saturated rings. The van der Waals surface area contributed by atoms with Gasteiger partial charge >= 0.3 is 0 Å². The molecular weight excluding hydrogens is 395 g/mol. The van der Waals surface area contributed by atoms with E-state index >= 15 is 0 Å². The number of carbonyl (C=O) groups is 1. The van der Waals surface area contributed by atoms with Crippen molar-refractivity contribution in [2.45, 2.75) is 45.6 Å². The molecule has 7 nitrogen and oxygen atoms in total. The number of benzene rings is 1. The average Bonchev–Trinajstić information content (AvgIpc) is 3.11. The van der Waals surface area contributed by atoms with Gasteiger partial charge in [0.1, 0.15) is 11.6 Å². The second-order valence-electron chi connectivity index (χ2n) is 7.14. The largest absolute Gasteiger partial charge is 0.396 e. The number of rotatable bonds is 7. The van der Waals surface area contributed by atoms with Gasteiger partial charge in [0, 0.05) is 43.5 Å². The summed E-state index contributed by atoms with van der Waals surface area (Å²) in [5.41, 5.74) is 7.32. The highest BCUT2D eigenvalue weighted by molar-refractivity contribution is 5.85. The fourth-order valence-corrected chi connectivity index (χ4v) is 3.31. The lowest BCUT2D eigenvalue weighted by Gasteiger charge is -2.19. The summed E-state index contributed by atoms with van der Waals surface area (Å²) in [5.74, 6) is 0.809. The van der Waals surface area contributed by atoms with Gasteiger partial charge in [0.25, 0.3) is 0 Å². The van der Waals surface area contributed by atoms with Crippen LogP contribution in [0.2, 0.25) is 0 Å². The van der Waals surface area contributed by atoms with Crippen molar-refractivity contribution in [1.29, 1.82) is 0 Å². The van der Waals surface area contributed by atoms with Gasteiger partial charge in [-0.3, -0.25) is 4.79 Å². The van der Waals surface area contributed by atoms with Crippen molar-refractivity contribution < 1.29 is 9.18 Å². The van der Waals surface area contributed by atoms with Crippen LogP contribution in [0.15, 0.2) is 24.3 Å². The highest BCUT2D eigenvalue weighted by Gasteiger charge is 2.24. The highest BCUT2D eigenvalue weighted by Crippen LogP contribution is 2.24. The van der Waals surface area contributed by atoms with Gasteiger partial charge in [-0.2, -0.15) is 4.98 Å². The Morgan fingerprint density at radius 1 is 1.34 bits per heavy atom. The van der Waals surface area contributed by atoms with Gasteiger partial charge < -0.3 is 21.3 Å². The number of nitrogens with one attached hydrogen (secondary N) is 2. The fourth-order valence-electron chi connectivity index (χ4n) is 3.31. The summed E-state index contributed by atoms with van der Waals surface area (Å²) in [6, 6.07) is 6.59. The summed E-state index contributed by atoms with van der Waals surface area (Å²) in [4.78, 5) is 22.7. The number of aromatic nitrogens is 2. The van der Waals surface area contributed by atoms with Gasteiger partial charge in [-0.1, -0.05) is 13.3 Å². The third-order valence-electron chi connectivity index (χ3n) is 4.72. The maximum absolute atomic E-state index is 13.4. The Balaban J connectivity index is 0.00000300. The van der Waals surface area contributed by atoms with Gasteiger partial charge in [-0.05, 0) is 37.5 Å². The SMILES string of the molecule is CCCCc1cc(N2CCC(NC(C)=O)C2)nc(Nc2ccc(F)c(N)c2)n1.Cl. The zero-order chi connectivity index (χ0) is 20.1. The average molecular weight is 423 g/mol. The van der Waals surface area contributed by atoms with Crippen LogP contribution in [0.4, 0.5) is 27.5 Å². The van der Waals surface area contributed by atoms with Crippen LogP contribution in [0.1, 0.15) is 38.8 Å². The van der Waals surface area contributed by atoms with Gasteiger partial charge in [-0.25, -0.2) is 9.37 Å². The van der Waals surface area contributed by atoms with Gasteiger partial charge in [0.15, 0.2) is 0 Å². The Morgan fingerprint density at radius 3 is 2.83 bits per heavy atom. The van der Waals surface area contributed by atoms with Crippen molar-refractivity contribution in [3.8, 4) is 0 Å². The number of carbonyl (C=O) groups excluding carboxylic acids is 1. The molecule has 0 saturated carbocycles. The fraction of sp³-hybridized carbons (Fsp3) is 0.450. The summed E-state index contributed by atoms with van der Waals surface area (Å²) < 4.78 is 13.4. The second-order valence-corrected chi connectivity index (χ2v) is 7.14. The Bertz CT molecular complexity index is 850. The summed E-state index contributed by atoms with van der Waals surface area (Å²) in [5, 5.41) is 6.10. The number of amides is 1. The smallest absolute Gasteiger partial charge is 0.229 e. The molecule has 1 atom stereocenters. The molecule has 29 heavy (non-hydrogen) atoms. The molecule has 1 aromatic carbocycles. The molecule has 9 heteroatoms. The van der Waals surface area contributed by atoms with E-state index in [1.807, 2.05) is 6.07 Å². The molecule has 0 bridgehead atoms. The van der Waals surface area contributed by atoms with Crippen molar-refractivity contribution >= 4 is 41.5 Å². The van der Waals surface area contributed by atoms with Crippen molar-refractivity contribution in [2.75, 3.05) is 29.0 Å². The maximum atomic E-state index is 13.4. The van der Waals surface area contributed by atoms with Crippen molar-refractivity contribution in [2.24, 2.45) is 0 Å². The number of anilines is 4. The molecular formula is C20H28ClFN6O. The minimum atomic E-state index is -0.454. The third kappa shape index (κ3) is 6.19. The van der Waals surface area contributed by atoms with Crippen LogP contribution in [0.5, 0.6) is 0 Å². The Hall–Kier alpha value is -2.61. The van der Waals surface area contributed by atoms with Gasteiger partial charge in [0.2, 0.25) is 11.9 Å². The monoisotopic (exact) mass is 422 g/mol. The van der Waals surface area contributed by atoms with E-state index in [0.29, 0.717) is 18.2 Å². The zero-order valence-corrected chi connectivity index (χ0v) is 17.6. The van der Waals surface area contributed by atoms with Crippen LogP contribution in [0, 0.1) is 5.82 Å². The van der Waals surface area contributed by atoms with Crippen LogP contribution in [-0.2, 0) is 11.2 Å². The molecule has 1 amide bonds. The lowest BCUT2D eigenvalue weighted by atomic mass is 10.2. The first-order valence-electron chi connectivity index (χ1n) is 9.66. The normalized spacial score (nSPS) is 15.7. The van der Waals surface area contributed by atoms with Gasteiger partial charge in [-0.15, -0.1) is 12.4 Å². The number of unbranched alkanes of at least 4 members (excludes halogenated alkanes) is 1. The van der Waals surface area contributed by atoms with Crippen LogP contribution >= 0.6 is 12.4 Å². The van der Waals surface area contributed by atoms with Crippen molar-refractivity contribution in [3.63, 3.8) is 0 Å². The minimum Gasteiger partial charge on any atom is -0.396 e. The van der Waals surface area contributed by atoms with Crippen LogP contribution < -0.4 is 21.3 Å². The van der Waals surface area contributed by atoms with E-state index in [-0.39, 0.29) is 30.0 Å². The summed E-state index contributed by atoms with van der Waals surface area (Å²) in [6.07, 6.45) is 3.85. The first-order chi connectivity index (χ1) is 13.4. The molecule has 158 valence electrons. The molecule has 2 heterocycles. The molecule has 1 aromatic heterocycles. The number of nitrogens with two attached hydrogens (primary N) is 1. The predicted molar refractivity (Wildman–Crippen MR) is 116 cm³/mol. The Kier molecular flexibility index (Phi) is 8.01. The molecule has 1 unspecified atom stereocenters. The molecule has 0 aliphatic carbocycles. The molecule has 2 aromatic rings. The molecule has 4 N–H and O–H groups in total. The predicted octanol–water partition coefficient (Wildman–Crippen LogP) is 3.42. The lowest BCUT2D eigenvalue weighted by molar-refractivity contribution is -0.119. The van der Waals surface area contributed by atoms with E-state index in [4.69, 9.17) is 5.73 Å². The number of nitrogen functional groups attached to an aromatic ring is 1. The standard InChI is InChI=1S/C20H27FN6O.ClH/c1-3-4-5-14-11-19(27-9-8-16(12-27)23-13(2)28)26-20(24-14)25-15-6-7-17(21)18(22)10-15;/h6-7,10-11,16H,3-5,8-9,12,22H2,1-2H3,(H,23,28)(H,24,25,26);1H. The lowest BCUT2D eigenvalue weighted by Crippen LogP contribution is -2.35. The first kappa shape index (κ1) is 22.7. The quantitative estimate of drug-likeness (QED) is 0.591. The number of hydrogen-bond acceptors (Lipinski definition) is 6. The Labute approximate surface area is 176 Å². The zero-order valence-electron chi connectivity index (χ0n) is 16.7. The molecule has 1 aliphatic rings. The van der Waals surface area contributed by atoms with E-state index in [2.05, 4.69) is 32.4 Å². The van der Waals surface area contributed by atoms with Crippen LogP contribution in [-0.4, -0.2) is 35.0 Å². The molecule has 1 aliphatic heterocycles. The summed E-state index contributed by atoms with van der Waals surface area (Å²) in [7, 11) is 0. The van der Waals surface area contributed by atoms with E-state index < -0.39 is 5.82 Å². The number of nitrogens with zero attached hydrogens (tertiary/aromatic N) is 3. The number of aryl methyl sites for hydroxylation is 1. The molecule has 0 radical (unpaired) electrons. The van der Waals surface area contributed by atoms with E-state index in [0.717, 1.165) is 43.7 Å². The molecule has 1 saturated heterocycles. The topological polar surface area (TPSA) is 96.2 Å². The van der Waals surface area contributed by atoms with E-state index in [1.54, 1.807) is 6.07 Å².